The number of hydrogen-bond acceptors (Lipinski definition) is 8. The zero-order chi connectivity index (χ0) is 31.4. The standard InChI is InChI=1S/C32H42F3N7O2/c1-5-26(43)41-16-21(17-41)15-40(4)29-23-12-19(2)22(28-27(32(33,34)35)20(3)13-25(36)38-28)14-24(23)37-30(39-29)44-18-31-8-6-10-42(31)11-7-9-31/h5,13,19,21-22H,1,6-12,14-18H2,2-4H3,(H2,36,38)/t19-,22-/m0/s1. The van der Waals surface area contributed by atoms with E-state index in [-0.39, 0.29) is 52.8 Å². The Morgan fingerprint density at radius 2 is 1.91 bits per heavy atom. The number of aromatic nitrogens is 3. The molecule has 0 bridgehead atoms. The molecule has 238 valence electrons. The average molecular weight is 614 g/mol. The van der Waals surface area contributed by atoms with Gasteiger partial charge in [0.1, 0.15) is 18.2 Å². The lowest BCUT2D eigenvalue weighted by Gasteiger charge is -2.41. The van der Waals surface area contributed by atoms with E-state index in [2.05, 4.69) is 21.4 Å². The third-order valence-electron chi connectivity index (χ3n) is 10.2. The Kier molecular flexibility index (Phi) is 8.00. The van der Waals surface area contributed by atoms with E-state index in [1.54, 1.807) is 4.90 Å². The molecule has 1 aliphatic carbocycles. The molecule has 3 saturated heterocycles. The summed E-state index contributed by atoms with van der Waals surface area (Å²) in [6.07, 6.45) is 1.99. The van der Waals surface area contributed by atoms with Gasteiger partial charge in [0.15, 0.2) is 0 Å². The second-order valence-electron chi connectivity index (χ2n) is 13.3. The van der Waals surface area contributed by atoms with Crippen LogP contribution in [0.2, 0.25) is 0 Å². The van der Waals surface area contributed by atoms with E-state index in [0.29, 0.717) is 38.4 Å². The van der Waals surface area contributed by atoms with Crippen LogP contribution < -0.4 is 15.4 Å². The van der Waals surface area contributed by atoms with E-state index < -0.39 is 17.7 Å². The lowest BCUT2D eigenvalue weighted by atomic mass is 9.75. The normalized spacial score (nSPS) is 23.2. The van der Waals surface area contributed by atoms with Gasteiger partial charge in [-0.3, -0.25) is 9.69 Å². The van der Waals surface area contributed by atoms with Crippen LogP contribution in [0.3, 0.4) is 0 Å². The number of fused-ring (bicyclic) bond motifs is 2. The van der Waals surface area contributed by atoms with E-state index in [0.717, 1.165) is 50.2 Å². The first-order chi connectivity index (χ1) is 20.9. The fourth-order valence-corrected chi connectivity index (χ4v) is 7.98. The SMILES string of the molecule is C=CC(=O)N1CC(CN(C)c2nc(OCC34CCCN3CCC4)nc3c2C[C@H](C)[C@@H](c2nc(N)cc(C)c2C(F)(F)F)C3)C1. The summed E-state index contributed by atoms with van der Waals surface area (Å²) in [4.78, 5) is 32.4. The number of carbonyl (C=O) groups excluding carboxylic acids is 1. The van der Waals surface area contributed by atoms with Crippen molar-refractivity contribution in [3.8, 4) is 6.01 Å². The fourth-order valence-electron chi connectivity index (χ4n) is 7.98. The van der Waals surface area contributed by atoms with E-state index in [9.17, 15) is 18.0 Å². The van der Waals surface area contributed by atoms with Crippen LogP contribution in [0, 0.1) is 18.8 Å². The molecule has 0 saturated carbocycles. The summed E-state index contributed by atoms with van der Waals surface area (Å²) in [5, 5.41) is 0. The smallest absolute Gasteiger partial charge is 0.418 e. The molecule has 2 N–H and O–H groups in total. The molecule has 2 aromatic heterocycles. The Morgan fingerprint density at radius 3 is 2.57 bits per heavy atom. The molecule has 12 heteroatoms. The molecule has 0 radical (unpaired) electrons. The monoisotopic (exact) mass is 613 g/mol. The summed E-state index contributed by atoms with van der Waals surface area (Å²) in [5.74, 6) is 0.334. The number of nitrogen functional groups attached to an aromatic ring is 1. The Balaban J connectivity index is 1.32. The second kappa shape index (κ2) is 11.5. The second-order valence-corrected chi connectivity index (χ2v) is 13.3. The van der Waals surface area contributed by atoms with Crippen molar-refractivity contribution < 1.29 is 22.7 Å². The average Bonchev–Trinajstić information content (AvgIpc) is 3.52. The summed E-state index contributed by atoms with van der Waals surface area (Å²) in [6.45, 7) is 11.6. The van der Waals surface area contributed by atoms with Crippen molar-refractivity contribution >= 4 is 17.5 Å². The summed E-state index contributed by atoms with van der Waals surface area (Å²) in [5.41, 5.74) is 6.96. The molecule has 2 atom stereocenters. The zero-order valence-electron chi connectivity index (χ0n) is 25.8. The van der Waals surface area contributed by atoms with E-state index in [1.165, 1.54) is 19.1 Å². The van der Waals surface area contributed by atoms with Crippen molar-refractivity contribution in [1.29, 1.82) is 0 Å². The molecule has 0 spiro atoms. The minimum absolute atomic E-state index is 0.0000779. The number of anilines is 2. The van der Waals surface area contributed by atoms with Crippen molar-refractivity contribution in [2.24, 2.45) is 11.8 Å². The molecule has 3 aliphatic heterocycles. The van der Waals surface area contributed by atoms with Crippen LogP contribution in [0.4, 0.5) is 24.8 Å². The van der Waals surface area contributed by atoms with E-state index in [4.69, 9.17) is 20.4 Å². The molecule has 4 aliphatic rings. The van der Waals surface area contributed by atoms with Gasteiger partial charge >= 0.3 is 12.2 Å². The third kappa shape index (κ3) is 5.61. The largest absolute Gasteiger partial charge is 0.461 e. The Hall–Kier alpha value is -3.41. The number of hydrogen-bond donors (Lipinski definition) is 1. The Labute approximate surface area is 256 Å². The lowest BCUT2D eigenvalue weighted by Crippen LogP contribution is -2.53. The van der Waals surface area contributed by atoms with Crippen LogP contribution in [0.15, 0.2) is 18.7 Å². The molecule has 1 amide bonds. The number of alkyl halides is 3. The number of rotatable bonds is 8. The highest BCUT2D eigenvalue weighted by atomic mass is 19.4. The van der Waals surface area contributed by atoms with Gasteiger partial charge in [-0.25, -0.2) is 4.98 Å². The molecule has 0 unspecified atom stereocenters. The van der Waals surface area contributed by atoms with Gasteiger partial charge in [-0.1, -0.05) is 13.5 Å². The highest BCUT2D eigenvalue weighted by molar-refractivity contribution is 5.87. The van der Waals surface area contributed by atoms with E-state index in [1.807, 2.05) is 14.0 Å². The zero-order valence-corrected chi connectivity index (χ0v) is 25.8. The van der Waals surface area contributed by atoms with Crippen LogP contribution in [-0.4, -0.2) is 82.6 Å². The third-order valence-corrected chi connectivity index (χ3v) is 10.2. The molecule has 9 nitrogen and oxygen atoms in total. The Morgan fingerprint density at radius 1 is 1.20 bits per heavy atom. The predicted octanol–water partition coefficient (Wildman–Crippen LogP) is 4.39. The first kappa shape index (κ1) is 30.6. The van der Waals surface area contributed by atoms with Gasteiger partial charge in [-0.15, -0.1) is 0 Å². The quantitative estimate of drug-likeness (QED) is 0.438. The summed E-state index contributed by atoms with van der Waals surface area (Å²) in [6, 6.07) is 1.55. The van der Waals surface area contributed by atoms with Gasteiger partial charge in [-0.05, 0) is 82.2 Å². The highest BCUT2D eigenvalue weighted by Gasteiger charge is 2.46. The van der Waals surface area contributed by atoms with Crippen molar-refractivity contribution in [1.82, 2.24) is 24.8 Å². The molecule has 3 fully saturated rings. The number of amides is 1. The highest BCUT2D eigenvalue weighted by Crippen LogP contribution is 2.45. The number of ether oxygens (including phenoxy) is 1. The first-order valence-corrected chi connectivity index (χ1v) is 15.6. The molecular weight excluding hydrogens is 571 g/mol. The fraction of sp³-hybridized carbons (Fsp3) is 0.625. The molecule has 5 heterocycles. The molecule has 2 aromatic rings. The van der Waals surface area contributed by atoms with Crippen molar-refractivity contribution in [3.05, 3.63) is 46.8 Å². The van der Waals surface area contributed by atoms with Crippen LogP contribution in [0.25, 0.3) is 0 Å². The van der Waals surface area contributed by atoms with Gasteiger partial charge in [0.25, 0.3) is 0 Å². The Bertz CT molecular complexity index is 1430. The maximum absolute atomic E-state index is 14.3. The minimum atomic E-state index is -4.55. The van der Waals surface area contributed by atoms with Gasteiger partial charge < -0.3 is 20.3 Å². The topological polar surface area (TPSA) is 101 Å². The summed E-state index contributed by atoms with van der Waals surface area (Å²) < 4.78 is 49.3. The number of aryl methyl sites for hydroxylation is 1. The van der Waals surface area contributed by atoms with Gasteiger partial charge in [0.2, 0.25) is 5.91 Å². The van der Waals surface area contributed by atoms with Gasteiger partial charge in [0, 0.05) is 44.1 Å². The number of pyridine rings is 1. The van der Waals surface area contributed by atoms with Crippen molar-refractivity contribution in [2.45, 2.75) is 70.0 Å². The number of halogens is 3. The van der Waals surface area contributed by atoms with E-state index >= 15 is 0 Å². The molecular formula is C32H42F3N7O2. The number of nitrogens with two attached hydrogens (primary N) is 1. The molecule has 6 rings (SSSR count). The van der Waals surface area contributed by atoms with Crippen LogP contribution in [0.1, 0.15) is 66.6 Å². The van der Waals surface area contributed by atoms with Gasteiger partial charge in [0.05, 0.1) is 22.5 Å². The van der Waals surface area contributed by atoms with Crippen molar-refractivity contribution in [2.75, 3.05) is 57.0 Å². The van der Waals surface area contributed by atoms with Crippen LogP contribution >= 0.6 is 0 Å². The predicted molar refractivity (Wildman–Crippen MR) is 162 cm³/mol. The van der Waals surface area contributed by atoms with Crippen molar-refractivity contribution in [3.63, 3.8) is 0 Å². The summed E-state index contributed by atoms with van der Waals surface area (Å²) in [7, 11) is 1.97. The molecule has 0 aromatic carbocycles. The molecule has 44 heavy (non-hydrogen) atoms. The number of nitrogens with zero attached hydrogens (tertiary/aromatic N) is 6. The number of likely N-dealkylation sites (tertiary alicyclic amines) is 1. The van der Waals surface area contributed by atoms with Crippen LogP contribution in [0.5, 0.6) is 6.01 Å². The van der Waals surface area contributed by atoms with Crippen LogP contribution in [-0.2, 0) is 23.8 Å². The minimum Gasteiger partial charge on any atom is -0.461 e. The maximum atomic E-state index is 14.3. The lowest BCUT2D eigenvalue weighted by molar-refractivity contribution is -0.139. The first-order valence-electron chi connectivity index (χ1n) is 15.6. The number of carbonyl (C=O) groups is 1. The summed E-state index contributed by atoms with van der Waals surface area (Å²) >= 11 is 0. The maximum Gasteiger partial charge on any atom is 0.418 e. The van der Waals surface area contributed by atoms with Gasteiger partial charge in [-0.2, -0.15) is 23.1 Å².